The Bertz CT molecular complexity index is 706. The molecule has 0 radical (unpaired) electrons. The quantitative estimate of drug-likeness (QED) is 0.419. The van der Waals surface area contributed by atoms with Crippen LogP contribution in [-0.4, -0.2) is 44.3 Å². The van der Waals surface area contributed by atoms with Crippen LogP contribution in [0.1, 0.15) is 36.2 Å². The van der Waals surface area contributed by atoms with E-state index in [1.54, 1.807) is 0 Å². The van der Waals surface area contributed by atoms with Gasteiger partial charge in [-0.15, -0.1) is 12.4 Å². The van der Waals surface area contributed by atoms with E-state index in [0.29, 0.717) is 6.54 Å². The first-order valence-electron chi connectivity index (χ1n) is 7.81. The number of halogens is 1. The van der Waals surface area contributed by atoms with Crippen LogP contribution in [0.3, 0.4) is 0 Å². The van der Waals surface area contributed by atoms with E-state index in [4.69, 9.17) is 11.5 Å². The summed E-state index contributed by atoms with van der Waals surface area (Å²) in [6, 6.07) is 1.10. The van der Waals surface area contributed by atoms with Gasteiger partial charge in [-0.25, -0.2) is 13.1 Å². The molecule has 1 aliphatic carbocycles. The molecular formula is C14H24ClN5O4S. The first kappa shape index (κ1) is 21.4. The fourth-order valence-electron chi connectivity index (χ4n) is 2.85. The summed E-state index contributed by atoms with van der Waals surface area (Å²) >= 11 is 0. The van der Waals surface area contributed by atoms with Crippen molar-refractivity contribution < 1.29 is 18.0 Å². The molecule has 7 N–H and O–H groups in total. The number of carbonyl (C=O) groups is 2. The molecule has 0 aromatic carbocycles. The highest BCUT2D eigenvalue weighted by Gasteiger charge is 2.26. The third-order valence-corrected chi connectivity index (χ3v) is 5.59. The van der Waals surface area contributed by atoms with Crippen LogP contribution in [-0.2, 0) is 14.8 Å². The molecule has 1 aliphatic rings. The molecule has 0 saturated heterocycles. The topological polar surface area (TPSA) is 160 Å². The Labute approximate surface area is 152 Å². The van der Waals surface area contributed by atoms with Gasteiger partial charge >= 0.3 is 0 Å². The van der Waals surface area contributed by atoms with Crippen LogP contribution in [0.25, 0.3) is 0 Å². The van der Waals surface area contributed by atoms with Gasteiger partial charge in [-0.1, -0.05) is 12.8 Å². The minimum Gasteiger partial charge on any atom is -0.364 e. The van der Waals surface area contributed by atoms with E-state index in [0.717, 1.165) is 37.9 Å². The van der Waals surface area contributed by atoms with Gasteiger partial charge < -0.3 is 21.8 Å². The largest absolute Gasteiger partial charge is 0.364 e. The number of aromatic amines is 1. The van der Waals surface area contributed by atoms with Gasteiger partial charge in [-0.3, -0.25) is 9.59 Å². The first-order chi connectivity index (χ1) is 11.3. The molecule has 2 unspecified atom stereocenters. The number of primary amides is 1. The highest BCUT2D eigenvalue weighted by Crippen LogP contribution is 2.23. The summed E-state index contributed by atoms with van der Waals surface area (Å²) in [5, 5.41) is 2.84. The molecule has 25 heavy (non-hydrogen) atoms. The maximum Gasteiger partial charge on any atom is 0.265 e. The summed E-state index contributed by atoms with van der Waals surface area (Å²) in [7, 11) is -3.90. The Morgan fingerprint density at radius 1 is 1.28 bits per heavy atom. The SMILES string of the molecule is Cl.NCC1CCCCC1NC(=O)CNS(=O)(=O)c1c[nH]c(C(N)=O)c1. The lowest BCUT2D eigenvalue weighted by Crippen LogP contribution is -2.47. The summed E-state index contributed by atoms with van der Waals surface area (Å²) in [4.78, 5) is 25.3. The number of H-pyrrole nitrogens is 1. The second kappa shape index (κ2) is 9.18. The van der Waals surface area contributed by atoms with Crippen molar-refractivity contribution in [3.05, 3.63) is 18.0 Å². The molecule has 9 nitrogen and oxygen atoms in total. The van der Waals surface area contributed by atoms with Crippen LogP contribution in [0.2, 0.25) is 0 Å². The fraction of sp³-hybridized carbons (Fsp3) is 0.571. The lowest BCUT2D eigenvalue weighted by atomic mass is 9.84. The number of nitrogens with two attached hydrogens (primary N) is 2. The van der Waals surface area contributed by atoms with Gasteiger partial charge in [0.1, 0.15) is 10.6 Å². The van der Waals surface area contributed by atoms with Gasteiger partial charge in [0.15, 0.2) is 0 Å². The van der Waals surface area contributed by atoms with Crippen molar-refractivity contribution in [2.45, 2.75) is 36.6 Å². The van der Waals surface area contributed by atoms with Crippen molar-refractivity contribution in [2.24, 2.45) is 17.4 Å². The lowest BCUT2D eigenvalue weighted by molar-refractivity contribution is -0.121. The predicted molar refractivity (Wildman–Crippen MR) is 94.7 cm³/mol. The van der Waals surface area contributed by atoms with Crippen molar-refractivity contribution in [1.29, 1.82) is 0 Å². The average Bonchev–Trinajstić information content (AvgIpc) is 3.05. The molecule has 1 aromatic rings. The summed E-state index contributed by atoms with van der Waals surface area (Å²) in [6.07, 6.45) is 5.07. The summed E-state index contributed by atoms with van der Waals surface area (Å²) in [6.45, 7) is 0.114. The highest BCUT2D eigenvalue weighted by atomic mass is 35.5. The predicted octanol–water partition coefficient (Wildman–Crippen LogP) is -0.553. The second-order valence-electron chi connectivity index (χ2n) is 5.89. The van der Waals surface area contributed by atoms with Crippen LogP contribution < -0.4 is 21.5 Å². The number of hydrogen-bond donors (Lipinski definition) is 5. The summed E-state index contributed by atoms with van der Waals surface area (Å²) < 4.78 is 26.4. The molecule has 1 saturated carbocycles. The Kier molecular flexibility index (Phi) is 7.87. The van der Waals surface area contributed by atoms with Gasteiger partial charge in [0.2, 0.25) is 15.9 Å². The van der Waals surface area contributed by atoms with E-state index in [1.807, 2.05) is 0 Å². The molecule has 1 heterocycles. The lowest BCUT2D eigenvalue weighted by Gasteiger charge is -2.31. The van der Waals surface area contributed by atoms with Crippen molar-refractivity contribution >= 4 is 34.2 Å². The maximum absolute atomic E-state index is 12.1. The van der Waals surface area contributed by atoms with E-state index in [2.05, 4.69) is 15.0 Å². The monoisotopic (exact) mass is 393 g/mol. The zero-order chi connectivity index (χ0) is 17.7. The molecule has 1 fully saturated rings. The number of amides is 2. The number of aromatic nitrogens is 1. The molecule has 0 bridgehead atoms. The molecule has 0 aliphatic heterocycles. The minimum atomic E-state index is -3.90. The Balaban J connectivity index is 0.00000312. The van der Waals surface area contributed by atoms with Crippen molar-refractivity contribution in [3.63, 3.8) is 0 Å². The fourth-order valence-corrected chi connectivity index (χ4v) is 3.83. The zero-order valence-electron chi connectivity index (χ0n) is 13.7. The molecule has 0 spiro atoms. The molecule has 11 heteroatoms. The van der Waals surface area contributed by atoms with E-state index in [-0.39, 0.29) is 41.5 Å². The van der Waals surface area contributed by atoms with E-state index in [9.17, 15) is 18.0 Å². The summed E-state index contributed by atoms with van der Waals surface area (Å²) in [5.74, 6) is -0.948. The minimum absolute atomic E-state index is 0. The molecule has 1 aromatic heterocycles. The maximum atomic E-state index is 12.1. The Hall–Kier alpha value is -1.62. The number of carbonyl (C=O) groups excluding carboxylic acids is 2. The van der Waals surface area contributed by atoms with Crippen LogP contribution in [0.4, 0.5) is 0 Å². The summed E-state index contributed by atoms with van der Waals surface area (Å²) in [5.41, 5.74) is 10.8. The smallest absolute Gasteiger partial charge is 0.265 e. The normalized spacial score (nSPS) is 20.5. The third-order valence-electron chi connectivity index (χ3n) is 4.21. The van der Waals surface area contributed by atoms with Gasteiger partial charge in [0, 0.05) is 12.2 Å². The van der Waals surface area contributed by atoms with Gasteiger partial charge in [0.25, 0.3) is 5.91 Å². The highest BCUT2D eigenvalue weighted by molar-refractivity contribution is 7.89. The van der Waals surface area contributed by atoms with Gasteiger partial charge in [-0.2, -0.15) is 0 Å². The Morgan fingerprint density at radius 2 is 1.96 bits per heavy atom. The average molecular weight is 394 g/mol. The standard InChI is InChI=1S/C14H23N5O4S.ClH/c15-6-9-3-1-2-4-11(9)19-13(20)8-18-24(22,23)10-5-12(14(16)21)17-7-10;/h5,7,9,11,17-18H,1-4,6,8,15H2,(H2,16,21)(H,19,20);1H. The zero-order valence-corrected chi connectivity index (χ0v) is 15.3. The van der Waals surface area contributed by atoms with Crippen molar-refractivity contribution in [3.8, 4) is 0 Å². The van der Waals surface area contributed by atoms with Crippen molar-refractivity contribution in [1.82, 2.24) is 15.0 Å². The second-order valence-corrected chi connectivity index (χ2v) is 7.66. The van der Waals surface area contributed by atoms with E-state index in [1.165, 1.54) is 0 Å². The molecule has 2 atom stereocenters. The van der Waals surface area contributed by atoms with Crippen LogP contribution in [0, 0.1) is 5.92 Å². The van der Waals surface area contributed by atoms with E-state index >= 15 is 0 Å². The van der Waals surface area contributed by atoms with Gasteiger partial charge in [-0.05, 0) is 31.4 Å². The molecule has 2 rings (SSSR count). The number of sulfonamides is 1. The van der Waals surface area contributed by atoms with Crippen LogP contribution in [0.5, 0.6) is 0 Å². The van der Waals surface area contributed by atoms with Crippen molar-refractivity contribution in [2.75, 3.05) is 13.1 Å². The van der Waals surface area contributed by atoms with Crippen LogP contribution in [0.15, 0.2) is 17.2 Å². The Morgan fingerprint density at radius 3 is 2.56 bits per heavy atom. The number of nitrogens with one attached hydrogen (secondary N) is 3. The molecule has 142 valence electrons. The van der Waals surface area contributed by atoms with E-state index < -0.39 is 21.8 Å². The number of rotatable bonds is 7. The first-order valence-corrected chi connectivity index (χ1v) is 9.29. The van der Waals surface area contributed by atoms with Crippen LogP contribution >= 0.6 is 12.4 Å². The molecule has 2 amide bonds. The molecular weight excluding hydrogens is 370 g/mol. The number of hydrogen-bond acceptors (Lipinski definition) is 5. The van der Waals surface area contributed by atoms with Gasteiger partial charge in [0.05, 0.1) is 6.54 Å². The third kappa shape index (κ3) is 5.70.